The molecule has 3 aliphatic rings. The van der Waals surface area contributed by atoms with Crippen molar-refractivity contribution >= 4 is 5.57 Å². The lowest BCUT2D eigenvalue weighted by atomic mass is 9.80. The van der Waals surface area contributed by atoms with Crippen molar-refractivity contribution in [3.8, 4) is 0 Å². The zero-order valence-corrected chi connectivity index (χ0v) is 19.3. The molecule has 0 aromatic heterocycles. The second-order valence-electron chi connectivity index (χ2n) is 9.95. The van der Waals surface area contributed by atoms with Gasteiger partial charge in [0, 0.05) is 23.7 Å². The Labute approximate surface area is 184 Å². The van der Waals surface area contributed by atoms with Crippen molar-refractivity contribution in [3.05, 3.63) is 77.0 Å². The van der Waals surface area contributed by atoms with Gasteiger partial charge in [-0.1, -0.05) is 68.5 Å². The van der Waals surface area contributed by atoms with Crippen molar-refractivity contribution in [2.24, 2.45) is 0 Å². The van der Waals surface area contributed by atoms with E-state index in [1.807, 2.05) is 0 Å². The first-order valence-corrected chi connectivity index (χ1v) is 12.1. The summed E-state index contributed by atoms with van der Waals surface area (Å²) in [6.45, 7) is 12.3. The lowest BCUT2D eigenvalue weighted by molar-refractivity contribution is 0.222. The minimum absolute atomic E-state index is 0.0676. The molecule has 0 N–H and O–H groups in total. The molecule has 1 heteroatoms. The Balaban J connectivity index is 1.53. The van der Waals surface area contributed by atoms with E-state index in [-0.39, 0.29) is 5.41 Å². The molecule has 0 heterocycles. The summed E-state index contributed by atoms with van der Waals surface area (Å²) < 4.78 is 0. The maximum atomic E-state index is 4.20. The number of rotatable bonds is 7. The second kappa shape index (κ2) is 9.00. The molecule has 0 saturated heterocycles. The molecule has 1 nitrogen and oxygen atoms in total. The molecule has 0 aliphatic heterocycles. The first kappa shape index (κ1) is 21.2. The Kier molecular flexibility index (Phi) is 6.37. The maximum absolute atomic E-state index is 4.20. The van der Waals surface area contributed by atoms with Crippen LogP contribution in [-0.4, -0.2) is 17.5 Å². The minimum Gasteiger partial charge on any atom is -0.372 e. The van der Waals surface area contributed by atoms with Gasteiger partial charge in [0.2, 0.25) is 0 Å². The third-order valence-electron chi connectivity index (χ3n) is 7.52. The van der Waals surface area contributed by atoms with E-state index in [1.165, 1.54) is 85.7 Å². The molecular formula is C29H39N. The number of hydrogen-bond acceptors (Lipinski definition) is 1. The van der Waals surface area contributed by atoms with Crippen LogP contribution in [0.25, 0.3) is 5.57 Å². The van der Waals surface area contributed by atoms with Gasteiger partial charge in [0.05, 0.1) is 0 Å². The molecule has 1 aromatic carbocycles. The van der Waals surface area contributed by atoms with E-state index in [1.54, 1.807) is 5.70 Å². The van der Waals surface area contributed by atoms with Crippen molar-refractivity contribution < 1.29 is 0 Å². The number of allylic oxidation sites excluding steroid dienone is 6. The third-order valence-corrected chi connectivity index (χ3v) is 7.52. The summed E-state index contributed by atoms with van der Waals surface area (Å²) in [6.07, 6.45) is 20.8. The summed E-state index contributed by atoms with van der Waals surface area (Å²) >= 11 is 0. The van der Waals surface area contributed by atoms with Crippen LogP contribution >= 0.6 is 0 Å². The van der Waals surface area contributed by atoms with Crippen molar-refractivity contribution in [2.75, 3.05) is 6.54 Å². The van der Waals surface area contributed by atoms with Crippen molar-refractivity contribution in [1.82, 2.24) is 4.90 Å². The van der Waals surface area contributed by atoms with Crippen LogP contribution in [0.4, 0.5) is 0 Å². The van der Waals surface area contributed by atoms with Gasteiger partial charge in [0.1, 0.15) is 0 Å². The van der Waals surface area contributed by atoms with Gasteiger partial charge in [-0.05, 0) is 87.0 Å². The quantitative estimate of drug-likeness (QED) is 0.420. The molecule has 1 unspecified atom stereocenters. The number of hydrogen-bond donors (Lipinski definition) is 0. The lowest BCUT2D eigenvalue weighted by Crippen LogP contribution is -2.36. The number of nitrogens with zero attached hydrogens (tertiary/aromatic N) is 1. The molecule has 4 rings (SSSR count). The molecule has 0 fully saturated rings. The van der Waals surface area contributed by atoms with Gasteiger partial charge < -0.3 is 4.90 Å². The minimum atomic E-state index is 0.0676. The lowest BCUT2D eigenvalue weighted by Gasteiger charge is -2.38. The molecule has 0 bridgehead atoms. The zero-order valence-electron chi connectivity index (χ0n) is 19.3. The van der Waals surface area contributed by atoms with Crippen LogP contribution in [-0.2, 0) is 5.41 Å². The predicted molar refractivity (Wildman–Crippen MR) is 131 cm³/mol. The Morgan fingerprint density at radius 3 is 2.73 bits per heavy atom. The van der Waals surface area contributed by atoms with Crippen LogP contribution in [0.5, 0.6) is 0 Å². The van der Waals surface area contributed by atoms with E-state index in [0.717, 1.165) is 6.42 Å². The highest BCUT2D eigenvalue weighted by Crippen LogP contribution is 2.48. The Hall–Kier alpha value is -2.02. The Bertz CT molecular complexity index is 880. The summed E-state index contributed by atoms with van der Waals surface area (Å²) in [4.78, 5) is 2.78. The van der Waals surface area contributed by atoms with Gasteiger partial charge in [0.15, 0.2) is 0 Å². The summed E-state index contributed by atoms with van der Waals surface area (Å²) in [7, 11) is 0. The van der Waals surface area contributed by atoms with Gasteiger partial charge in [-0.3, -0.25) is 0 Å². The van der Waals surface area contributed by atoms with Gasteiger partial charge in [-0.2, -0.15) is 0 Å². The number of aryl methyl sites for hydroxylation is 1. The maximum Gasteiger partial charge on any atom is 0.0324 e. The van der Waals surface area contributed by atoms with E-state index in [9.17, 15) is 0 Å². The van der Waals surface area contributed by atoms with Crippen LogP contribution in [0.15, 0.2) is 60.4 Å². The molecule has 30 heavy (non-hydrogen) atoms. The average Bonchev–Trinajstić information content (AvgIpc) is 2.98. The molecule has 160 valence electrons. The zero-order chi connectivity index (χ0) is 21.1. The molecule has 0 amide bonds. The average molecular weight is 402 g/mol. The van der Waals surface area contributed by atoms with E-state index >= 15 is 0 Å². The smallest absolute Gasteiger partial charge is 0.0324 e. The highest BCUT2D eigenvalue weighted by Gasteiger charge is 2.36. The first-order chi connectivity index (χ1) is 14.5. The topological polar surface area (TPSA) is 3.24 Å². The Morgan fingerprint density at radius 1 is 1.17 bits per heavy atom. The predicted octanol–water partition coefficient (Wildman–Crippen LogP) is 7.87. The highest BCUT2D eigenvalue weighted by molar-refractivity contribution is 5.82. The fraction of sp³-hybridized carbons (Fsp3) is 0.517. The fourth-order valence-electron chi connectivity index (χ4n) is 5.88. The molecule has 0 radical (unpaired) electrons. The van der Waals surface area contributed by atoms with E-state index in [2.05, 4.69) is 74.8 Å². The summed E-state index contributed by atoms with van der Waals surface area (Å²) in [5, 5.41) is 0. The molecule has 3 aliphatic carbocycles. The molecule has 1 aromatic rings. The van der Waals surface area contributed by atoms with Crippen LogP contribution in [0.3, 0.4) is 0 Å². The normalized spacial score (nSPS) is 22.6. The van der Waals surface area contributed by atoms with E-state index < -0.39 is 0 Å². The molecule has 0 saturated carbocycles. The molecular weight excluding hydrogens is 362 g/mol. The third kappa shape index (κ3) is 4.09. The SMILES string of the molecule is C=CC1=C(CCCN(C2=CCCCC2)C2CC=CCC2)c2ccc(C)cc2C1(C)C. The summed E-state index contributed by atoms with van der Waals surface area (Å²) in [5.74, 6) is 0. The van der Waals surface area contributed by atoms with Crippen LogP contribution in [0.1, 0.15) is 88.3 Å². The van der Waals surface area contributed by atoms with Crippen LogP contribution in [0, 0.1) is 6.92 Å². The van der Waals surface area contributed by atoms with Crippen molar-refractivity contribution in [1.29, 1.82) is 0 Å². The largest absolute Gasteiger partial charge is 0.372 e. The fourth-order valence-corrected chi connectivity index (χ4v) is 5.88. The second-order valence-corrected chi connectivity index (χ2v) is 9.95. The van der Waals surface area contributed by atoms with Crippen molar-refractivity contribution in [3.63, 3.8) is 0 Å². The van der Waals surface area contributed by atoms with Gasteiger partial charge >= 0.3 is 0 Å². The van der Waals surface area contributed by atoms with E-state index in [4.69, 9.17) is 0 Å². The molecule has 1 atom stereocenters. The monoisotopic (exact) mass is 401 g/mol. The first-order valence-electron chi connectivity index (χ1n) is 12.1. The van der Waals surface area contributed by atoms with Gasteiger partial charge in [0.25, 0.3) is 0 Å². The Morgan fingerprint density at radius 2 is 2.03 bits per heavy atom. The van der Waals surface area contributed by atoms with Crippen molar-refractivity contribution in [2.45, 2.75) is 90.0 Å². The number of fused-ring (bicyclic) bond motifs is 1. The van der Waals surface area contributed by atoms with E-state index in [0.29, 0.717) is 6.04 Å². The highest BCUT2D eigenvalue weighted by atomic mass is 15.2. The van der Waals surface area contributed by atoms with Crippen LogP contribution < -0.4 is 0 Å². The summed E-state index contributed by atoms with van der Waals surface area (Å²) in [6, 6.07) is 7.71. The van der Waals surface area contributed by atoms with Gasteiger partial charge in [-0.25, -0.2) is 0 Å². The standard InChI is InChI=1S/C29H39N/c1-5-27-25(26-19-18-22(2)21-28(26)29(27,3)4)17-12-20-30(23-13-8-6-9-14-23)24-15-10-7-11-16-24/h5-6,8,15,18-19,21,23H,1,7,9-14,16-17,20H2,2-4H3. The van der Waals surface area contributed by atoms with Crippen LogP contribution in [0.2, 0.25) is 0 Å². The van der Waals surface area contributed by atoms with Gasteiger partial charge in [-0.15, -0.1) is 0 Å². The number of benzene rings is 1. The summed E-state index contributed by atoms with van der Waals surface area (Å²) in [5.41, 5.74) is 8.96. The molecule has 0 spiro atoms.